The Labute approximate surface area is 382 Å². The van der Waals surface area contributed by atoms with Gasteiger partial charge in [0.25, 0.3) is 0 Å². The van der Waals surface area contributed by atoms with Gasteiger partial charge in [-0.2, -0.15) is 0 Å². The van der Waals surface area contributed by atoms with Crippen LogP contribution in [0.15, 0.2) is 192 Å². The van der Waals surface area contributed by atoms with Crippen LogP contribution in [0, 0.1) is 11.8 Å². The molecule has 8 unspecified atom stereocenters. The fraction of sp³-hybridized carbons (Fsp3) is 0.228. The molecule has 5 heterocycles. The summed E-state index contributed by atoms with van der Waals surface area (Å²) in [4.78, 5) is 7.05. The van der Waals surface area contributed by atoms with E-state index in [2.05, 4.69) is 196 Å². The lowest BCUT2D eigenvalue weighted by Gasteiger charge is -2.45. The van der Waals surface area contributed by atoms with Gasteiger partial charge < -0.3 is 9.80 Å². The van der Waals surface area contributed by atoms with E-state index in [1.165, 1.54) is 81.0 Å². The maximum absolute atomic E-state index is 4.22. The summed E-state index contributed by atoms with van der Waals surface area (Å²) in [5, 5.41) is 16.6. The predicted octanol–water partition coefficient (Wildman–Crippen LogP) is 13.2. The number of allylic oxidation sites excluding steroid dienone is 13. The maximum Gasteiger partial charge on any atom is 0.0880 e. The Hall–Kier alpha value is -5.80. The van der Waals surface area contributed by atoms with E-state index in [1.807, 2.05) is 22.7 Å². The van der Waals surface area contributed by atoms with Crippen LogP contribution < -0.4 is 20.9 Å². The SMILES string of the molecule is C1=CCC2C(=C1)N(C1=C(C3NC(c4ccccc4)NC(C4C=CC=CC4)N3)C=C(N3C4=CC=CCC4C4c5sc6ccccc6c5C=CC43)CC1)c1ccc3c(sc4ccccc43)c12. The minimum Gasteiger partial charge on any atom is -0.341 e. The van der Waals surface area contributed by atoms with Crippen LogP contribution in [-0.2, 0) is 0 Å². The minimum absolute atomic E-state index is 0.0303. The normalized spacial score (nSPS) is 28.9. The van der Waals surface area contributed by atoms with Crippen LogP contribution in [0.25, 0.3) is 36.3 Å². The lowest BCUT2D eigenvalue weighted by Crippen LogP contribution is -2.66. The molecule has 0 radical (unpaired) electrons. The maximum atomic E-state index is 4.22. The number of benzene rings is 4. The highest BCUT2D eigenvalue weighted by Gasteiger charge is 2.50. The zero-order chi connectivity index (χ0) is 41.9. The summed E-state index contributed by atoms with van der Waals surface area (Å²) in [7, 11) is 0. The van der Waals surface area contributed by atoms with Crippen LogP contribution in [0.4, 0.5) is 5.69 Å². The average Bonchev–Trinajstić information content (AvgIpc) is 4.12. The molecule has 8 aliphatic rings. The van der Waals surface area contributed by atoms with Crippen LogP contribution in [0.3, 0.4) is 0 Å². The van der Waals surface area contributed by atoms with Gasteiger partial charge in [0.15, 0.2) is 0 Å². The molecule has 0 amide bonds. The second kappa shape index (κ2) is 14.9. The molecule has 4 aromatic carbocycles. The molecule has 2 aromatic heterocycles. The van der Waals surface area contributed by atoms with Gasteiger partial charge in [-0.05, 0) is 85.0 Å². The van der Waals surface area contributed by atoms with Crippen molar-refractivity contribution in [3.05, 3.63) is 214 Å². The number of likely N-dealkylation sites (tertiary alicyclic amines) is 1. The molecule has 5 aliphatic carbocycles. The summed E-state index contributed by atoms with van der Waals surface area (Å²) in [6.45, 7) is 0. The van der Waals surface area contributed by atoms with Gasteiger partial charge in [0.05, 0.1) is 30.2 Å². The number of nitrogens with one attached hydrogen (secondary N) is 3. The first kappa shape index (κ1) is 37.6. The molecular weight excluding hydrogens is 819 g/mol. The Bertz CT molecular complexity index is 3200. The summed E-state index contributed by atoms with van der Waals surface area (Å²) in [6, 6.07) is 34.1. The van der Waals surface area contributed by atoms with Crippen LogP contribution in [0.5, 0.6) is 0 Å². The molecule has 0 spiro atoms. The van der Waals surface area contributed by atoms with E-state index in [4.69, 9.17) is 0 Å². The van der Waals surface area contributed by atoms with Gasteiger partial charge in [-0.3, -0.25) is 16.0 Å². The van der Waals surface area contributed by atoms with Crippen LogP contribution in [-0.4, -0.2) is 23.3 Å². The van der Waals surface area contributed by atoms with Gasteiger partial charge in [0, 0.05) is 87.3 Å². The highest BCUT2D eigenvalue weighted by molar-refractivity contribution is 7.26. The van der Waals surface area contributed by atoms with Gasteiger partial charge in [0.2, 0.25) is 0 Å². The highest BCUT2D eigenvalue weighted by atomic mass is 32.1. The number of hydrogen-bond acceptors (Lipinski definition) is 7. The second-order valence-corrected chi connectivity index (χ2v) is 20.7. The van der Waals surface area contributed by atoms with E-state index < -0.39 is 0 Å². The molecule has 6 aromatic rings. The van der Waals surface area contributed by atoms with Crippen molar-refractivity contribution in [1.29, 1.82) is 0 Å². The van der Waals surface area contributed by atoms with Crippen molar-refractivity contribution in [2.24, 2.45) is 11.8 Å². The molecule has 0 bridgehead atoms. The number of fused-ring (bicyclic) bond motifs is 14. The Kier molecular flexibility index (Phi) is 8.73. The third-order valence-electron chi connectivity index (χ3n) is 15.3. The largest absolute Gasteiger partial charge is 0.341 e. The molecule has 5 nitrogen and oxygen atoms in total. The molecule has 8 atom stereocenters. The van der Waals surface area contributed by atoms with E-state index in [0.29, 0.717) is 23.7 Å². The fourth-order valence-electron chi connectivity index (χ4n) is 12.5. The van der Waals surface area contributed by atoms with Crippen molar-refractivity contribution in [3.8, 4) is 0 Å². The number of rotatable bonds is 5. The summed E-state index contributed by atoms with van der Waals surface area (Å²) >= 11 is 4.00. The Morgan fingerprint density at radius 1 is 0.625 bits per heavy atom. The van der Waals surface area contributed by atoms with Crippen LogP contribution in [0.1, 0.15) is 71.7 Å². The number of thiophene rings is 2. The zero-order valence-corrected chi connectivity index (χ0v) is 37.2. The molecule has 0 saturated carbocycles. The molecular formula is C57H49N5S2. The Morgan fingerprint density at radius 2 is 1.41 bits per heavy atom. The van der Waals surface area contributed by atoms with E-state index >= 15 is 0 Å². The van der Waals surface area contributed by atoms with Crippen LogP contribution >= 0.6 is 22.7 Å². The first-order valence-corrected chi connectivity index (χ1v) is 24.9. The summed E-state index contributed by atoms with van der Waals surface area (Å²) in [5.74, 6) is 1.51. The number of hydrogen-bond donors (Lipinski definition) is 3. The van der Waals surface area contributed by atoms with Gasteiger partial charge in [0.1, 0.15) is 0 Å². The second-order valence-electron chi connectivity index (χ2n) is 18.6. The Balaban J connectivity index is 0.956. The number of anilines is 1. The lowest BCUT2D eigenvalue weighted by atomic mass is 9.80. The monoisotopic (exact) mass is 867 g/mol. The standard InChI is InChI=1S/C57H49N5S2/c1-3-15-34(16-4-1)55-58-56(35-17-5-2-6-18-35)60-57(59-55)43-33-36(61-44-23-11-7-21-41(44)51-47(61)31-28-39-37-19-9-13-25-49(37)63-53(39)51)27-30-46(43)62-45-24-12-8-22-42(45)52-48(62)32-29-40-38-20-10-14-26-50(38)64-54(40)52/h1-17,19-20,23-26,28-29,31-33,35,41-42,47,51,55-60H,18,21-22,27,30H2. The molecule has 14 rings (SSSR count). The van der Waals surface area contributed by atoms with Crippen molar-refractivity contribution in [2.75, 3.05) is 4.90 Å². The lowest BCUT2D eigenvalue weighted by molar-refractivity contribution is 0.186. The Morgan fingerprint density at radius 3 is 2.28 bits per heavy atom. The first-order chi connectivity index (χ1) is 31.7. The molecule has 7 heteroatoms. The topological polar surface area (TPSA) is 42.6 Å². The van der Waals surface area contributed by atoms with Gasteiger partial charge in [-0.15, -0.1) is 22.7 Å². The van der Waals surface area contributed by atoms with Gasteiger partial charge in [-0.1, -0.05) is 134 Å². The third-order valence-corrected chi connectivity index (χ3v) is 17.8. The summed E-state index contributed by atoms with van der Waals surface area (Å²) in [6.07, 6.45) is 35.9. The first-order valence-electron chi connectivity index (χ1n) is 23.3. The molecule has 2 saturated heterocycles. The quantitative estimate of drug-likeness (QED) is 0.161. The zero-order valence-electron chi connectivity index (χ0n) is 35.5. The molecule has 314 valence electrons. The van der Waals surface area contributed by atoms with E-state index in [0.717, 1.165) is 32.1 Å². The van der Waals surface area contributed by atoms with Crippen molar-refractivity contribution in [1.82, 2.24) is 20.9 Å². The van der Waals surface area contributed by atoms with Crippen molar-refractivity contribution in [3.63, 3.8) is 0 Å². The predicted molar refractivity (Wildman–Crippen MR) is 268 cm³/mol. The van der Waals surface area contributed by atoms with Crippen LogP contribution in [0.2, 0.25) is 0 Å². The molecule has 64 heavy (non-hydrogen) atoms. The summed E-state index contributed by atoms with van der Waals surface area (Å²) < 4.78 is 4.21. The van der Waals surface area contributed by atoms with E-state index in [1.54, 1.807) is 4.88 Å². The van der Waals surface area contributed by atoms with Crippen molar-refractivity contribution in [2.45, 2.75) is 68.5 Å². The molecule has 3 aliphatic heterocycles. The average molecular weight is 868 g/mol. The summed E-state index contributed by atoms with van der Waals surface area (Å²) in [5.41, 5.74) is 12.6. The van der Waals surface area contributed by atoms with Crippen molar-refractivity contribution < 1.29 is 0 Å². The highest BCUT2D eigenvalue weighted by Crippen LogP contribution is 2.58. The van der Waals surface area contributed by atoms with Crippen molar-refractivity contribution >= 4 is 64.7 Å². The van der Waals surface area contributed by atoms with E-state index in [9.17, 15) is 0 Å². The smallest absolute Gasteiger partial charge is 0.0880 e. The molecule has 3 N–H and O–H groups in total. The minimum atomic E-state index is -0.109. The third kappa shape index (κ3) is 5.71. The van der Waals surface area contributed by atoms with E-state index in [-0.39, 0.29) is 24.5 Å². The fourth-order valence-corrected chi connectivity index (χ4v) is 15.2. The van der Waals surface area contributed by atoms with Gasteiger partial charge in [-0.25, -0.2) is 0 Å². The molecule has 2 fully saturated rings. The van der Waals surface area contributed by atoms with Gasteiger partial charge >= 0.3 is 0 Å². The number of nitrogens with zero attached hydrogens (tertiary/aromatic N) is 2.